The molecule has 1 fully saturated rings. The Bertz CT molecular complexity index is 1580. The standard InChI is InChI=1S/C32H29F3N4O3/c1-20-15-23(27-9-5-21(17-36)18-37-27)6-7-24(20)19-42-29-10-8-25(32(33,34)35)16-26(29)28-3-2-4-30(38-28)39-13-11-22(12-14-39)31(40)41/h2-5,8-10,15-16,18,22H,6-7,11-14,19H2,1H3,(H,40,41). The van der Waals surface area contributed by atoms with Crippen LogP contribution >= 0.6 is 0 Å². The number of nitrogens with zero attached hydrogens (tertiary/aromatic N) is 4. The lowest BCUT2D eigenvalue weighted by atomic mass is 9.91. The smallest absolute Gasteiger partial charge is 0.416 e. The highest BCUT2D eigenvalue weighted by Gasteiger charge is 2.32. The number of halogens is 3. The Morgan fingerprint density at radius 3 is 2.55 bits per heavy atom. The molecule has 3 heterocycles. The molecular weight excluding hydrogens is 545 g/mol. The fraction of sp³-hybridized carbons (Fsp3) is 0.312. The number of carboxylic acid groups (broad SMARTS) is 1. The summed E-state index contributed by atoms with van der Waals surface area (Å²) in [6, 6.07) is 14.2. The summed E-state index contributed by atoms with van der Waals surface area (Å²) in [6.07, 6.45) is 1.42. The van der Waals surface area contributed by atoms with E-state index >= 15 is 0 Å². The molecule has 7 nitrogen and oxygen atoms in total. The van der Waals surface area contributed by atoms with Crippen LogP contribution in [0.25, 0.3) is 16.8 Å². The lowest BCUT2D eigenvalue weighted by molar-refractivity contribution is -0.142. The fourth-order valence-corrected chi connectivity index (χ4v) is 5.26. The van der Waals surface area contributed by atoms with Crippen LogP contribution in [-0.4, -0.2) is 40.7 Å². The normalized spacial score (nSPS) is 16.2. The summed E-state index contributed by atoms with van der Waals surface area (Å²) >= 11 is 0. The lowest BCUT2D eigenvalue weighted by Crippen LogP contribution is -2.36. The average Bonchev–Trinajstić information content (AvgIpc) is 3.00. The first-order valence-corrected chi connectivity index (χ1v) is 13.7. The summed E-state index contributed by atoms with van der Waals surface area (Å²) in [6.45, 7) is 3.17. The van der Waals surface area contributed by atoms with E-state index in [1.807, 2.05) is 24.0 Å². The fourth-order valence-electron chi connectivity index (χ4n) is 5.26. The van der Waals surface area contributed by atoms with Crippen molar-refractivity contribution >= 4 is 17.4 Å². The number of benzene rings is 1. The molecule has 1 aromatic carbocycles. The molecule has 0 saturated carbocycles. The SMILES string of the molecule is CC1=C(COc2ccc(C(F)(F)F)cc2-c2cccc(N3CCC(C(=O)O)CC3)n2)CCC(c2ccc(C#N)cn2)=C1. The van der Waals surface area contributed by atoms with Gasteiger partial charge in [0.05, 0.1) is 28.4 Å². The van der Waals surface area contributed by atoms with Crippen molar-refractivity contribution in [3.05, 3.63) is 88.8 Å². The molecule has 2 aliphatic rings. The van der Waals surface area contributed by atoms with Gasteiger partial charge in [-0.25, -0.2) is 4.98 Å². The van der Waals surface area contributed by atoms with Crippen molar-refractivity contribution in [2.24, 2.45) is 5.92 Å². The van der Waals surface area contributed by atoms with Crippen LogP contribution in [0, 0.1) is 17.2 Å². The second kappa shape index (κ2) is 12.1. The van der Waals surface area contributed by atoms with Crippen LogP contribution < -0.4 is 9.64 Å². The van der Waals surface area contributed by atoms with Gasteiger partial charge in [0.25, 0.3) is 0 Å². The third kappa shape index (κ3) is 6.46. The molecular formula is C32H29F3N4O3. The Labute approximate surface area is 241 Å². The van der Waals surface area contributed by atoms with Gasteiger partial charge in [-0.2, -0.15) is 18.4 Å². The molecule has 5 rings (SSSR count). The van der Waals surface area contributed by atoms with E-state index in [1.54, 1.807) is 30.5 Å². The molecule has 216 valence electrons. The summed E-state index contributed by atoms with van der Waals surface area (Å²) in [5.41, 5.74) is 4.15. The number of aliphatic carboxylic acids is 1. The molecule has 0 amide bonds. The van der Waals surface area contributed by atoms with Gasteiger partial charge in [-0.05, 0) is 91.8 Å². The maximum absolute atomic E-state index is 13.7. The van der Waals surface area contributed by atoms with Crippen molar-refractivity contribution < 1.29 is 27.8 Å². The first-order valence-electron chi connectivity index (χ1n) is 13.7. The van der Waals surface area contributed by atoms with Gasteiger partial charge < -0.3 is 14.7 Å². The molecule has 0 spiro atoms. The number of allylic oxidation sites excluding steroid dienone is 3. The van der Waals surface area contributed by atoms with Gasteiger partial charge in [0.15, 0.2) is 0 Å². The van der Waals surface area contributed by atoms with Crippen molar-refractivity contribution in [1.29, 1.82) is 5.26 Å². The van der Waals surface area contributed by atoms with Crippen molar-refractivity contribution in [1.82, 2.24) is 9.97 Å². The maximum atomic E-state index is 13.7. The predicted octanol–water partition coefficient (Wildman–Crippen LogP) is 6.91. The van der Waals surface area contributed by atoms with Gasteiger partial charge in [-0.15, -0.1) is 0 Å². The molecule has 1 aliphatic heterocycles. The number of nitriles is 1. The van der Waals surface area contributed by atoms with Crippen LogP contribution in [0.2, 0.25) is 0 Å². The molecule has 42 heavy (non-hydrogen) atoms. The Hall–Kier alpha value is -4.65. The quantitative estimate of drug-likeness (QED) is 0.327. The molecule has 1 aliphatic carbocycles. The minimum atomic E-state index is -4.53. The van der Waals surface area contributed by atoms with Gasteiger partial charge in [0.2, 0.25) is 0 Å². The van der Waals surface area contributed by atoms with Gasteiger partial charge in [-0.3, -0.25) is 9.78 Å². The van der Waals surface area contributed by atoms with Gasteiger partial charge in [-0.1, -0.05) is 12.1 Å². The molecule has 0 atom stereocenters. The maximum Gasteiger partial charge on any atom is 0.416 e. The number of carboxylic acids is 1. The van der Waals surface area contributed by atoms with E-state index in [2.05, 4.69) is 16.0 Å². The second-order valence-electron chi connectivity index (χ2n) is 10.5. The van der Waals surface area contributed by atoms with E-state index in [0.29, 0.717) is 55.2 Å². The zero-order valence-corrected chi connectivity index (χ0v) is 23.0. The number of ether oxygens (including phenoxy) is 1. The van der Waals surface area contributed by atoms with Gasteiger partial charge in [0, 0.05) is 24.8 Å². The van der Waals surface area contributed by atoms with Gasteiger partial charge in [0.1, 0.15) is 24.2 Å². The third-order valence-corrected chi connectivity index (χ3v) is 7.75. The summed E-state index contributed by atoms with van der Waals surface area (Å²) in [5, 5.41) is 18.3. The van der Waals surface area contributed by atoms with E-state index in [9.17, 15) is 23.1 Å². The summed E-state index contributed by atoms with van der Waals surface area (Å²) in [7, 11) is 0. The summed E-state index contributed by atoms with van der Waals surface area (Å²) in [4.78, 5) is 22.3. The number of carbonyl (C=O) groups is 1. The highest BCUT2D eigenvalue weighted by molar-refractivity contribution is 5.72. The zero-order chi connectivity index (χ0) is 29.9. The Morgan fingerprint density at radius 2 is 1.90 bits per heavy atom. The van der Waals surface area contributed by atoms with Crippen molar-refractivity contribution in [3.63, 3.8) is 0 Å². The molecule has 3 aromatic rings. The first-order chi connectivity index (χ1) is 20.1. The highest BCUT2D eigenvalue weighted by Crippen LogP contribution is 2.38. The van der Waals surface area contributed by atoms with Crippen molar-refractivity contribution in [2.75, 3.05) is 24.6 Å². The molecule has 10 heteroatoms. The van der Waals surface area contributed by atoms with E-state index < -0.39 is 23.6 Å². The van der Waals surface area contributed by atoms with E-state index in [4.69, 9.17) is 10.00 Å². The lowest BCUT2D eigenvalue weighted by Gasteiger charge is -2.31. The van der Waals surface area contributed by atoms with Crippen LogP contribution in [0.15, 0.2) is 72.0 Å². The number of rotatable bonds is 7. The molecule has 0 unspecified atom stereocenters. The van der Waals surface area contributed by atoms with E-state index in [1.165, 1.54) is 6.07 Å². The average molecular weight is 575 g/mol. The Morgan fingerprint density at radius 1 is 1.12 bits per heavy atom. The number of piperidine rings is 1. The van der Waals surface area contributed by atoms with E-state index in [-0.39, 0.29) is 12.2 Å². The second-order valence-corrected chi connectivity index (χ2v) is 10.5. The largest absolute Gasteiger partial charge is 0.489 e. The predicted molar refractivity (Wildman–Crippen MR) is 152 cm³/mol. The Balaban J connectivity index is 1.39. The van der Waals surface area contributed by atoms with Crippen molar-refractivity contribution in [2.45, 2.75) is 38.8 Å². The Kier molecular flexibility index (Phi) is 8.29. The number of hydrogen-bond acceptors (Lipinski definition) is 6. The number of aromatic nitrogens is 2. The molecule has 0 radical (unpaired) electrons. The summed E-state index contributed by atoms with van der Waals surface area (Å²) < 4.78 is 47.2. The van der Waals surface area contributed by atoms with Crippen LogP contribution in [0.1, 0.15) is 49.4 Å². The summed E-state index contributed by atoms with van der Waals surface area (Å²) in [5.74, 6) is -0.347. The molecule has 0 bridgehead atoms. The van der Waals surface area contributed by atoms with E-state index in [0.717, 1.165) is 41.0 Å². The number of pyridine rings is 2. The first kappa shape index (κ1) is 28.9. The number of alkyl halides is 3. The van der Waals surface area contributed by atoms with Crippen LogP contribution in [-0.2, 0) is 11.0 Å². The van der Waals surface area contributed by atoms with Crippen LogP contribution in [0.5, 0.6) is 5.75 Å². The number of hydrogen-bond donors (Lipinski definition) is 1. The monoisotopic (exact) mass is 574 g/mol. The third-order valence-electron chi connectivity index (χ3n) is 7.75. The highest BCUT2D eigenvalue weighted by atomic mass is 19.4. The topological polar surface area (TPSA) is 99.3 Å². The molecule has 2 aromatic heterocycles. The minimum absolute atomic E-state index is 0.206. The number of anilines is 1. The van der Waals surface area contributed by atoms with Crippen LogP contribution in [0.4, 0.5) is 19.0 Å². The van der Waals surface area contributed by atoms with Gasteiger partial charge >= 0.3 is 12.1 Å². The molecule has 1 N–H and O–H groups in total. The van der Waals surface area contributed by atoms with Crippen molar-refractivity contribution in [3.8, 4) is 23.1 Å². The minimum Gasteiger partial charge on any atom is -0.489 e. The van der Waals surface area contributed by atoms with Crippen LogP contribution in [0.3, 0.4) is 0 Å². The zero-order valence-electron chi connectivity index (χ0n) is 23.0. The molecule has 1 saturated heterocycles.